The van der Waals surface area contributed by atoms with Crippen molar-refractivity contribution in [3.05, 3.63) is 29.8 Å². The standard InChI is InChI=1S/C13H19N3O/c1-13(2)12(17)15-7-8-16(13)9-10-3-5-11(14)6-4-10/h3-6H,7-9,14H2,1-2H3,(H,15,17). The summed E-state index contributed by atoms with van der Waals surface area (Å²) in [6.07, 6.45) is 0. The molecule has 0 aromatic heterocycles. The van der Waals surface area contributed by atoms with Gasteiger partial charge < -0.3 is 11.1 Å². The van der Waals surface area contributed by atoms with Crippen molar-refractivity contribution in [3.63, 3.8) is 0 Å². The fourth-order valence-corrected chi connectivity index (χ4v) is 2.06. The first-order chi connectivity index (χ1) is 8.00. The summed E-state index contributed by atoms with van der Waals surface area (Å²) >= 11 is 0. The van der Waals surface area contributed by atoms with Crippen molar-refractivity contribution in [2.45, 2.75) is 25.9 Å². The zero-order valence-electron chi connectivity index (χ0n) is 10.4. The zero-order chi connectivity index (χ0) is 12.5. The molecule has 1 aliphatic heterocycles. The van der Waals surface area contributed by atoms with E-state index in [1.807, 2.05) is 38.1 Å². The molecule has 1 aromatic carbocycles. The highest BCUT2D eigenvalue weighted by molar-refractivity contribution is 5.86. The lowest BCUT2D eigenvalue weighted by Gasteiger charge is -2.41. The quantitative estimate of drug-likeness (QED) is 0.749. The normalized spacial score (nSPS) is 20.0. The molecule has 0 aliphatic carbocycles. The fourth-order valence-electron chi connectivity index (χ4n) is 2.06. The molecule has 1 fully saturated rings. The van der Waals surface area contributed by atoms with Gasteiger partial charge in [0.1, 0.15) is 0 Å². The van der Waals surface area contributed by atoms with Gasteiger partial charge in [-0.1, -0.05) is 12.1 Å². The highest BCUT2D eigenvalue weighted by Crippen LogP contribution is 2.20. The summed E-state index contributed by atoms with van der Waals surface area (Å²) in [5.74, 6) is 0.0965. The summed E-state index contributed by atoms with van der Waals surface area (Å²) in [6.45, 7) is 6.29. The van der Waals surface area contributed by atoms with Gasteiger partial charge in [0.05, 0.1) is 5.54 Å². The predicted molar refractivity (Wildman–Crippen MR) is 68.4 cm³/mol. The van der Waals surface area contributed by atoms with E-state index in [0.717, 1.165) is 25.3 Å². The van der Waals surface area contributed by atoms with Gasteiger partial charge in [-0.05, 0) is 31.5 Å². The van der Waals surface area contributed by atoms with Crippen molar-refractivity contribution in [2.24, 2.45) is 0 Å². The van der Waals surface area contributed by atoms with Crippen molar-refractivity contribution in [1.29, 1.82) is 0 Å². The molecule has 92 valence electrons. The largest absolute Gasteiger partial charge is 0.399 e. The molecule has 0 bridgehead atoms. The van der Waals surface area contributed by atoms with Gasteiger partial charge in [-0.25, -0.2) is 0 Å². The Balaban J connectivity index is 2.12. The minimum absolute atomic E-state index is 0.0965. The number of hydrogen-bond acceptors (Lipinski definition) is 3. The van der Waals surface area contributed by atoms with Gasteiger partial charge in [-0.2, -0.15) is 0 Å². The van der Waals surface area contributed by atoms with Crippen LogP contribution in [0.5, 0.6) is 0 Å². The van der Waals surface area contributed by atoms with Crippen molar-refractivity contribution in [3.8, 4) is 0 Å². The lowest BCUT2D eigenvalue weighted by Crippen LogP contribution is -2.61. The summed E-state index contributed by atoms with van der Waals surface area (Å²) in [6, 6.07) is 7.81. The van der Waals surface area contributed by atoms with Crippen LogP contribution in [0.2, 0.25) is 0 Å². The maximum atomic E-state index is 11.8. The van der Waals surface area contributed by atoms with Crippen LogP contribution >= 0.6 is 0 Å². The number of benzene rings is 1. The first kappa shape index (κ1) is 11.9. The number of nitrogens with one attached hydrogen (secondary N) is 1. The molecule has 0 atom stereocenters. The Bertz CT molecular complexity index is 411. The minimum Gasteiger partial charge on any atom is -0.399 e. The summed E-state index contributed by atoms with van der Waals surface area (Å²) in [4.78, 5) is 14.0. The summed E-state index contributed by atoms with van der Waals surface area (Å²) < 4.78 is 0. The third kappa shape index (κ3) is 2.42. The molecule has 1 amide bonds. The number of nitrogen functional groups attached to an aromatic ring is 1. The topological polar surface area (TPSA) is 58.4 Å². The van der Waals surface area contributed by atoms with Crippen LogP contribution in [-0.4, -0.2) is 29.4 Å². The van der Waals surface area contributed by atoms with Crippen LogP contribution in [0, 0.1) is 0 Å². The second kappa shape index (κ2) is 4.37. The third-order valence-corrected chi connectivity index (χ3v) is 3.37. The van der Waals surface area contributed by atoms with Gasteiger partial charge >= 0.3 is 0 Å². The highest BCUT2D eigenvalue weighted by atomic mass is 16.2. The first-order valence-corrected chi connectivity index (χ1v) is 5.88. The highest BCUT2D eigenvalue weighted by Gasteiger charge is 2.37. The smallest absolute Gasteiger partial charge is 0.240 e. The second-order valence-corrected chi connectivity index (χ2v) is 4.98. The zero-order valence-corrected chi connectivity index (χ0v) is 10.4. The van der Waals surface area contributed by atoms with Gasteiger partial charge in [-0.15, -0.1) is 0 Å². The Morgan fingerprint density at radius 3 is 2.65 bits per heavy atom. The maximum absolute atomic E-state index is 11.8. The Morgan fingerprint density at radius 2 is 2.00 bits per heavy atom. The molecule has 0 unspecified atom stereocenters. The predicted octanol–water partition coefficient (Wildman–Crippen LogP) is 0.979. The minimum atomic E-state index is -0.445. The SMILES string of the molecule is CC1(C)C(=O)NCCN1Cc1ccc(N)cc1. The molecular weight excluding hydrogens is 214 g/mol. The van der Waals surface area contributed by atoms with Crippen molar-refractivity contribution in [2.75, 3.05) is 18.8 Å². The number of carbonyl (C=O) groups excluding carboxylic acids is 1. The number of rotatable bonds is 2. The van der Waals surface area contributed by atoms with E-state index >= 15 is 0 Å². The number of anilines is 1. The molecule has 1 heterocycles. The summed E-state index contributed by atoms with van der Waals surface area (Å²) in [5, 5.41) is 2.90. The van der Waals surface area contributed by atoms with Crippen LogP contribution in [-0.2, 0) is 11.3 Å². The van der Waals surface area contributed by atoms with E-state index in [1.165, 1.54) is 5.56 Å². The van der Waals surface area contributed by atoms with Crippen molar-refractivity contribution in [1.82, 2.24) is 10.2 Å². The second-order valence-electron chi connectivity index (χ2n) is 4.98. The van der Waals surface area contributed by atoms with Crippen LogP contribution in [0.15, 0.2) is 24.3 Å². The number of nitrogens with zero attached hydrogens (tertiary/aromatic N) is 1. The van der Waals surface area contributed by atoms with E-state index in [0.29, 0.717) is 0 Å². The van der Waals surface area contributed by atoms with Gasteiger partial charge in [0, 0.05) is 25.3 Å². The van der Waals surface area contributed by atoms with E-state index < -0.39 is 5.54 Å². The average Bonchev–Trinajstić information content (AvgIpc) is 2.28. The van der Waals surface area contributed by atoms with E-state index in [9.17, 15) is 4.79 Å². The Labute approximate surface area is 102 Å². The van der Waals surface area contributed by atoms with Crippen LogP contribution in [0.1, 0.15) is 19.4 Å². The molecule has 1 aromatic rings. The van der Waals surface area contributed by atoms with Crippen LogP contribution in [0.4, 0.5) is 5.69 Å². The monoisotopic (exact) mass is 233 g/mol. The average molecular weight is 233 g/mol. The summed E-state index contributed by atoms with van der Waals surface area (Å²) in [5.41, 5.74) is 7.16. The molecule has 0 radical (unpaired) electrons. The fraction of sp³-hybridized carbons (Fsp3) is 0.462. The van der Waals surface area contributed by atoms with Crippen molar-refractivity contribution < 1.29 is 4.79 Å². The summed E-state index contributed by atoms with van der Waals surface area (Å²) in [7, 11) is 0. The Hall–Kier alpha value is -1.55. The molecule has 1 aliphatic rings. The lowest BCUT2D eigenvalue weighted by atomic mass is 9.98. The van der Waals surface area contributed by atoms with E-state index in [1.54, 1.807) is 0 Å². The number of piperazine rings is 1. The Kier molecular flexibility index (Phi) is 3.07. The molecule has 0 spiro atoms. The third-order valence-electron chi connectivity index (χ3n) is 3.37. The van der Waals surface area contributed by atoms with E-state index in [4.69, 9.17) is 5.73 Å². The van der Waals surface area contributed by atoms with E-state index in [2.05, 4.69) is 10.2 Å². The van der Waals surface area contributed by atoms with Crippen molar-refractivity contribution >= 4 is 11.6 Å². The first-order valence-electron chi connectivity index (χ1n) is 5.88. The van der Waals surface area contributed by atoms with E-state index in [-0.39, 0.29) is 5.91 Å². The van der Waals surface area contributed by atoms with Crippen LogP contribution < -0.4 is 11.1 Å². The lowest BCUT2D eigenvalue weighted by molar-refractivity contribution is -0.135. The number of carbonyl (C=O) groups is 1. The Morgan fingerprint density at radius 1 is 1.35 bits per heavy atom. The molecule has 2 rings (SSSR count). The molecule has 4 heteroatoms. The molecule has 4 nitrogen and oxygen atoms in total. The number of amides is 1. The van der Waals surface area contributed by atoms with Crippen LogP contribution in [0.3, 0.4) is 0 Å². The van der Waals surface area contributed by atoms with Gasteiger partial charge in [0.25, 0.3) is 0 Å². The van der Waals surface area contributed by atoms with Crippen LogP contribution in [0.25, 0.3) is 0 Å². The van der Waals surface area contributed by atoms with Gasteiger partial charge in [0.15, 0.2) is 0 Å². The molecule has 3 N–H and O–H groups in total. The molecular formula is C13H19N3O. The number of hydrogen-bond donors (Lipinski definition) is 2. The van der Waals surface area contributed by atoms with Gasteiger partial charge in [0.2, 0.25) is 5.91 Å². The molecule has 17 heavy (non-hydrogen) atoms. The molecule has 0 saturated carbocycles. The number of nitrogens with two attached hydrogens (primary N) is 1. The maximum Gasteiger partial charge on any atom is 0.240 e. The molecule has 1 saturated heterocycles. The van der Waals surface area contributed by atoms with Gasteiger partial charge in [-0.3, -0.25) is 9.69 Å².